The molecule has 0 aliphatic rings. The normalized spacial score (nSPS) is 11.9. The highest BCUT2D eigenvalue weighted by atomic mass is 35.5. The third kappa shape index (κ3) is 4.39. The van der Waals surface area contributed by atoms with Crippen molar-refractivity contribution in [3.05, 3.63) is 35.0 Å². The van der Waals surface area contributed by atoms with Gasteiger partial charge in [-0.3, -0.25) is 4.79 Å². The number of ether oxygens (including phenoxy) is 1. The van der Waals surface area contributed by atoms with E-state index < -0.39 is 12.8 Å². The fraction of sp³-hybridized carbons (Fsp3) is 0.400. The van der Waals surface area contributed by atoms with Crippen LogP contribution in [0.2, 0.25) is 5.02 Å². The van der Waals surface area contributed by atoms with Crippen molar-refractivity contribution in [2.45, 2.75) is 12.6 Å². The number of halogens is 4. The van der Waals surface area contributed by atoms with Gasteiger partial charge in [-0.15, -0.1) is 0 Å². The molecule has 0 atom stereocenters. The van der Waals surface area contributed by atoms with Gasteiger partial charge < -0.3 is 14.6 Å². The third-order valence-electron chi connectivity index (χ3n) is 3.28. The zero-order valence-corrected chi connectivity index (χ0v) is 13.2. The number of carbonyl (C=O) groups is 1. The first kappa shape index (κ1) is 17.6. The minimum atomic E-state index is -4.33. The Balaban J connectivity index is 1.90. The second-order valence-corrected chi connectivity index (χ2v) is 5.39. The lowest BCUT2D eigenvalue weighted by atomic mass is 10.2. The predicted octanol–water partition coefficient (Wildman–Crippen LogP) is 3.53. The van der Waals surface area contributed by atoms with Gasteiger partial charge in [0.25, 0.3) is 5.91 Å². The maximum atomic E-state index is 12.2. The summed E-state index contributed by atoms with van der Waals surface area (Å²) in [7, 11) is 1.73. The Morgan fingerprint density at radius 2 is 2.04 bits per heavy atom. The summed E-state index contributed by atoms with van der Waals surface area (Å²) in [6.07, 6.45) is -4.05. The van der Waals surface area contributed by atoms with E-state index in [4.69, 9.17) is 11.6 Å². The van der Waals surface area contributed by atoms with E-state index in [1.54, 1.807) is 11.6 Å². The summed E-state index contributed by atoms with van der Waals surface area (Å²) < 4.78 is 41.8. The molecule has 2 rings (SSSR count). The smallest absolute Gasteiger partial charge is 0.372 e. The number of carbonyl (C=O) groups excluding carboxylic acids is 1. The number of aromatic nitrogens is 1. The maximum Gasteiger partial charge on any atom is 0.411 e. The number of alkyl halides is 3. The number of hydrogen-bond acceptors (Lipinski definition) is 2. The summed E-state index contributed by atoms with van der Waals surface area (Å²) >= 11 is 6.24. The van der Waals surface area contributed by atoms with Crippen LogP contribution in [-0.2, 0) is 11.8 Å². The van der Waals surface area contributed by atoms with Crippen molar-refractivity contribution in [1.29, 1.82) is 0 Å². The van der Waals surface area contributed by atoms with Crippen LogP contribution in [-0.4, -0.2) is 36.4 Å². The van der Waals surface area contributed by atoms with E-state index in [1.165, 1.54) is 0 Å². The highest BCUT2D eigenvalue weighted by Crippen LogP contribution is 2.29. The molecule has 2 aromatic rings. The molecule has 1 aromatic heterocycles. The number of nitrogens with zero attached hydrogens (tertiary/aromatic N) is 1. The molecule has 0 saturated carbocycles. The van der Waals surface area contributed by atoms with E-state index in [9.17, 15) is 18.0 Å². The first-order valence-corrected chi connectivity index (χ1v) is 7.34. The van der Waals surface area contributed by atoms with Gasteiger partial charge in [0.1, 0.15) is 12.3 Å². The van der Waals surface area contributed by atoms with Gasteiger partial charge in [0, 0.05) is 31.1 Å². The molecule has 8 heteroatoms. The highest BCUT2D eigenvalue weighted by Gasteiger charge is 2.27. The van der Waals surface area contributed by atoms with Crippen LogP contribution in [0.15, 0.2) is 24.3 Å². The molecule has 1 N–H and O–H groups in total. The second-order valence-electron chi connectivity index (χ2n) is 5.02. The van der Waals surface area contributed by atoms with E-state index in [-0.39, 0.29) is 25.5 Å². The van der Waals surface area contributed by atoms with Crippen LogP contribution in [0.5, 0.6) is 0 Å². The first-order valence-electron chi connectivity index (χ1n) is 6.97. The fourth-order valence-electron chi connectivity index (χ4n) is 2.25. The minimum absolute atomic E-state index is 0.0807. The van der Waals surface area contributed by atoms with Crippen molar-refractivity contribution in [2.24, 2.45) is 7.05 Å². The van der Waals surface area contributed by atoms with Gasteiger partial charge in [-0.1, -0.05) is 29.8 Å². The van der Waals surface area contributed by atoms with Crippen LogP contribution >= 0.6 is 11.6 Å². The standard InChI is InChI=1S/C15H16ClF3N2O2/c1-21-11-6-3-2-5-10(11)12(16)13(21)14(22)20-7-4-8-23-9-15(17,18)19/h2-3,5-6H,4,7-9H2,1H3,(H,20,22). The van der Waals surface area contributed by atoms with Crippen molar-refractivity contribution in [1.82, 2.24) is 9.88 Å². The molecule has 23 heavy (non-hydrogen) atoms. The predicted molar refractivity (Wildman–Crippen MR) is 81.8 cm³/mol. The Kier molecular flexibility index (Phi) is 5.54. The molecule has 126 valence electrons. The average molecular weight is 349 g/mol. The molecule has 0 spiro atoms. The zero-order valence-electron chi connectivity index (χ0n) is 12.4. The Bertz CT molecular complexity index is 659. The van der Waals surface area contributed by atoms with Crippen molar-refractivity contribution in [3.63, 3.8) is 0 Å². The van der Waals surface area contributed by atoms with Gasteiger partial charge >= 0.3 is 6.18 Å². The molecule has 1 aromatic carbocycles. The Morgan fingerprint density at radius 3 is 2.70 bits per heavy atom. The quantitative estimate of drug-likeness (QED) is 0.812. The number of fused-ring (bicyclic) bond motifs is 1. The molecule has 0 saturated heterocycles. The molecule has 0 radical (unpaired) electrons. The monoisotopic (exact) mass is 348 g/mol. The van der Waals surface area contributed by atoms with Gasteiger partial charge in [0.05, 0.1) is 5.02 Å². The molecule has 1 heterocycles. The summed E-state index contributed by atoms with van der Waals surface area (Å²) in [6, 6.07) is 7.34. The Morgan fingerprint density at radius 1 is 1.35 bits per heavy atom. The van der Waals surface area contributed by atoms with E-state index in [0.29, 0.717) is 10.7 Å². The van der Waals surface area contributed by atoms with Crippen LogP contribution in [0.1, 0.15) is 16.9 Å². The summed E-state index contributed by atoms with van der Waals surface area (Å²) in [5, 5.41) is 3.76. The van der Waals surface area contributed by atoms with Gasteiger partial charge in [-0.05, 0) is 12.5 Å². The number of nitrogens with one attached hydrogen (secondary N) is 1. The lowest BCUT2D eigenvalue weighted by molar-refractivity contribution is -0.173. The van der Waals surface area contributed by atoms with Crippen LogP contribution < -0.4 is 5.32 Å². The van der Waals surface area contributed by atoms with E-state index in [1.807, 2.05) is 24.3 Å². The van der Waals surface area contributed by atoms with Crippen LogP contribution in [0, 0.1) is 0 Å². The summed E-state index contributed by atoms with van der Waals surface area (Å²) in [5.41, 5.74) is 1.15. The third-order valence-corrected chi connectivity index (χ3v) is 3.66. The minimum Gasteiger partial charge on any atom is -0.372 e. The molecule has 0 fully saturated rings. The largest absolute Gasteiger partial charge is 0.411 e. The number of rotatable bonds is 6. The molecule has 0 aliphatic heterocycles. The van der Waals surface area contributed by atoms with Gasteiger partial charge in [-0.2, -0.15) is 13.2 Å². The topological polar surface area (TPSA) is 43.3 Å². The van der Waals surface area contributed by atoms with Crippen LogP contribution in [0.25, 0.3) is 10.9 Å². The summed E-state index contributed by atoms with van der Waals surface area (Å²) in [6.45, 7) is -1.16. The molecule has 4 nitrogen and oxygen atoms in total. The molecular formula is C15H16ClF3N2O2. The first-order chi connectivity index (χ1) is 10.8. The SMILES string of the molecule is Cn1c(C(=O)NCCCOCC(F)(F)F)c(Cl)c2ccccc21. The van der Waals surface area contributed by atoms with E-state index in [0.717, 1.165) is 10.9 Å². The van der Waals surface area contributed by atoms with Crippen molar-refractivity contribution in [3.8, 4) is 0 Å². The highest BCUT2D eigenvalue weighted by molar-refractivity contribution is 6.38. The lowest BCUT2D eigenvalue weighted by Gasteiger charge is -2.09. The molecule has 0 bridgehead atoms. The Hall–Kier alpha value is -1.73. The maximum absolute atomic E-state index is 12.2. The lowest BCUT2D eigenvalue weighted by Crippen LogP contribution is -2.27. The second kappa shape index (κ2) is 7.23. The Labute approximate surface area is 136 Å². The molecular weight excluding hydrogens is 333 g/mol. The summed E-state index contributed by atoms with van der Waals surface area (Å²) in [4.78, 5) is 12.2. The van der Waals surface area contributed by atoms with Crippen molar-refractivity contribution < 1.29 is 22.7 Å². The number of amides is 1. The zero-order chi connectivity index (χ0) is 17.0. The van der Waals surface area contributed by atoms with Crippen molar-refractivity contribution in [2.75, 3.05) is 19.8 Å². The summed E-state index contributed by atoms with van der Waals surface area (Å²) in [5.74, 6) is -0.371. The number of hydrogen-bond donors (Lipinski definition) is 1. The average Bonchev–Trinajstić information content (AvgIpc) is 2.74. The van der Waals surface area contributed by atoms with E-state index in [2.05, 4.69) is 10.1 Å². The van der Waals surface area contributed by atoms with Crippen LogP contribution in [0.3, 0.4) is 0 Å². The fourth-order valence-corrected chi connectivity index (χ4v) is 2.62. The number of para-hydroxylation sites is 1. The number of aryl methyl sites for hydroxylation is 1. The van der Waals surface area contributed by atoms with Crippen LogP contribution in [0.4, 0.5) is 13.2 Å². The van der Waals surface area contributed by atoms with Gasteiger partial charge in [0.15, 0.2) is 0 Å². The molecule has 0 aliphatic carbocycles. The molecule has 0 unspecified atom stereocenters. The molecule has 1 amide bonds. The van der Waals surface area contributed by atoms with Gasteiger partial charge in [-0.25, -0.2) is 0 Å². The van der Waals surface area contributed by atoms with Gasteiger partial charge in [0.2, 0.25) is 0 Å². The van der Waals surface area contributed by atoms with E-state index >= 15 is 0 Å². The number of benzene rings is 1. The van der Waals surface area contributed by atoms with Crippen molar-refractivity contribution >= 4 is 28.4 Å².